The van der Waals surface area contributed by atoms with E-state index in [1.54, 1.807) is 60.7 Å². The van der Waals surface area contributed by atoms with Crippen molar-refractivity contribution in [1.29, 1.82) is 0 Å². The molecule has 34 heavy (non-hydrogen) atoms. The first kappa shape index (κ1) is 24.5. The average Bonchev–Trinajstić information content (AvgIpc) is 2.82. The number of aromatic nitrogens is 2. The van der Waals surface area contributed by atoms with Crippen LogP contribution in [0.15, 0.2) is 84.7 Å². The molecule has 0 aliphatic carbocycles. The van der Waals surface area contributed by atoms with Crippen LogP contribution in [0.2, 0.25) is 5.02 Å². The van der Waals surface area contributed by atoms with Gasteiger partial charge in [-0.2, -0.15) is 5.10 Å². The lowest BCUT2D eigenvalue weighted by Crippen LogP contribution is -2.24. The Balaban J connectivity index is 1.56. The normalized spacial score (nSPS) is 11.3. The highest BCUT2D eigenvalue weighted by Gasteiger charge is 2.15. The Hall–Kier alpha value is -2.66. The van der Waals surface area contributed by atoms with Crippen LogP contribution in [0, 0.1) is 0 Å². The Morgan fingerprint density at radius 2 is 1.91 bits per heavy atom. The fraction of sp³-hybridized carbons (Fsp3) is 0.0435. The lowest BCUT2D eigenvalue weighted by molar-refractivity contribution is -0.118. The first-order chi connectivity index (χ1) is 16.3. The van der Waals surface area contributed by atoms with Gasteiger partial charge in [-0.1, -0.05) is 51.4 Å². The maximum atomic E-state index is 13.2. The maximum absolute atomic E-state index is 13.2. The molecule has 11 heteroatoms. The summed E-state index contributed by atoms with van der Waals surface area (Å²) >= 11 is 13.7. The van der Waals surface area contributed by atoms with E-state index in [2.05, 4.69) is 47.4 Å². The lowest BCUT2D eigenvalue weighted by Gasteiger charge is -2.13. The van der Waals surface area contributed by atoms with Crippen LogP contribution in [0.1, 0.15) is 5.56 Å². The highest BCUT2D eigenvalue weighted by Crippen LogP contribution is 2.30. The molecule has 0 atom stereocenters. The molecule has 0 aliphatic rings. The zero-order valence-electron chi connectivity index (χ0n) is 17.2. The van der Waals surface area contributed by atoms with Gasteiger partial charge in [-0.3, -0.25) is 14.2 Å². The molecule has 1 aromatic heterocycles. The molecular formula is C23H15Br2ClN4O3S. The quantitative estimate of drug-likeness (QED) is 0.128. The van der Waals surface area contributed by atoms with E-state index in [-0.39, 0.29) is 17.1 Å². The van der Waals surface area contributed by atoms with E-state index in [0.717, 1.165) is 16.2 Å². The number of hydrogen-bond acceptors (Lipinski definition) is 6. The predicted octanol–water partition coefficient (Wildman–Crippen LogP) is 5.51. The fourth-order valence-corrected chi connectivity index (χ4v) is 5.24. The number of amides is 1. The number of phenolic OH excluding ortho intramolecular Hbond substituents is 1. The van der Waals surface area contributed by atoms with Crippen molar-refractivity contribution in [1.82, 2.24) is 15.0 Å². The molecule has 4 aromatic rings. The van der Waals surface area contributed by atoms with Crippen LogP contribution in [0.3, 0.4) is 0 Å². The molecule has 0 saturated carbocycles. The number of hydrazone groups is 1. The van der Waals surface area contributed by atoms with Gasteiger partial charge in [-0.25, -0.2) is 10.4 Å². The van der Waals surface area contributed by atoms with E-state index < -0.39 is 5.91 Å². The summed E-state index contributed by atoms with van der Waals surface area (Å²) in [5.41, 5.74) is 3.72. The number of carbonyl (C=O) groups excluding carboxylic acids is 1. The number of fused-ring (bicyclic) bond motifs is 1. The van der Waals surface area contributed by atoms with Crippen LogP contribution in [0.4, 0.5) is 0 Å². The Morgan fingerprint density at radius 3 is 2.68 bits per heavy atom. The molecular weight excluding hydrogens is 608 g/mol. The van der Waals surface area contributed by atoms with Crippen LogP contribution in [-0.2, 0) is 4.79 Å². The first-order valence-corrected chi connectivity index (χ1v) is 12.7. The predicted molar refractivity (Wildman–Crippen MR) is 142 cm³/mol. The summed E-state index contributed by atoms with van der Waals surface area (Å²) in [5.74, 6) is -0.438. The van der Waals surface area contributed by atoms with Crippen molar-refractivity contribution in [2.75, 3.05) is 5.75 Å². The van der Waals surface area contributed by atoms with Gasteiger partial charge < -0.3 is 5.11 Å². The van der Waals surface area contributed by atoms with Gasteiger partial charge in [-0.15, -0.1) is 0 Å². The molecule has 4 rings (SSSR count). The van der Waals surface area contributed by atoms with Gasteiger partial charge in [0.2, 0.25) is 0 Å². The topological polar surface area (TPSA) is 96.6 Å². The molecule has 0 saturated heterocycles. The van der Waals surface area contributed by atoms with E-state index in [1.165, 1.54) is 10.8 Å². The van der Waals surface area contributed by atoms with E-state index in [9.17, 15) is 14.7 Å². The van der Waals surface area contributed by atoms with Crippen molar-refractivity contribution >= 4 is 78.2 Å². The van der Waals surface area contributed by atoms with Crippen LogP contribution < -0.4 is 11.0 Å². The highest BCUT2D eigenvalue weighted by molar-refractivity contribution is 9.11. The number of halogens is 3. The number of nitrogens with one attached hydrogen (secondary N) is 1. The van der Waals surface area contributed by atoms with Crippen molar-refractivity contribution < 1.29 is 9.90 Å². The highest BCUT2D eigenvalue weighted by atomic mass is 79.9. The number of para-hydroxylation sites is 1. The molecule has 7 nitrogen and oxygen atoms in total. The summed E-state index contributed by atoms with van der Waals surface area (Å²) in [4.78, 5) is 30.2. The summed E-state index contributed by atoms with van der Waals surface area (Å²) in [6.45, 7) is 0. The molecule has 1 heterocycles. The number of aromatic hydroxyl groups is 1. The Labute approximate surface area is 220 Å². The SMILES string of the molecule is O=C(CSc1nc2ccccc2c(=O)n1-c1ccc(Cl)cc1)NN=Cc1cc(Br)cc(Br)c1O. The van der Waals surface area contributed by atoms with Gasteiger partial charge in [0.25, 0.3) is 11.5 Å². The monoisotopic (exact) mass is 620 g/mol. The fourth-order valence-electron chi connectivity index (χ4n) is 3.05. The standard InChI is InChI=1S/C23H15Br2ClN4O3S/c24-14-9-13(21(32)18(25)10-14)11-27-29-20(31)12-34-23-28-19-4-2-1-3-17(19)22(33)30(23)16-7-5-15(26)6-8-16/h1-11,32H,12H2,(H,29,31). The largest absolute Gasteiger partial charge is 0.506 e. The van der Waals surface area contributed by atoms with Crippen molar-refractivity contribution in [2.24, 2.45) is 5.10 Å². The van der Waals surface area contributed by atoms with E-state index >= 15 is 0 Å². The van der Waals surface area contributed by atoms with Crippen LogP contribution in [0.25, 0.3) is 16.6 Å². The Kier molecular flexibility index (Phi) is 7.72. The van der Waals surface area contributed by atoms with E-state index in [4.69, 9.17) is 11.6 Å². The van der Waals surface area contributed by atoms with Crippen molar-refractivity contribution in [3.8, 4) is 11.4 Å². The maximum Gasteiger partial charge on any atom is 0.266 e. The van der Waals surface area contributed by atoms with Gasteiger partial charge in [0.1, 0.15) is 5.75 Å². The molecule has 0 radical (unpaired) electrons. The molecule has 0 aliphatic heterocycles. The van der Waals surface area contributed by atoms with Crippen LogP contribution in [0.5, 0.6) is 5.75 Å². The third kappa shape index (κ3) is 5.52. The van der Waals surface area contributed by atoms with Gasteiger partial charge >= 0.3 is 0 Å². The first-order valence-electron chi connectivity index (χ1n) is 9.74. The average molecular weight is 623 g/mol. The molecule has 0 unspecified atom stereocenters. The molecule has 0 fully saturated rings. The number of phenols is 1. The second-order valence-electron chi connectivity index (χ2n) is 6.94. The third-order valence-corrected chi connectivity index (χ3v) is 6.87. The minimum Gasteiger partial charge on any atom is -0.506 e. The van der Waals surface area contributed by atoms with E-state index in [1.807, 2.05) is 0 Å². The Morgan fingerprint density at radius 1 is 1.18 bits per heavy atom. The van der Waals surface area contributed by atoms with E-state index in [0.29, 0.717) is 36.8 Å². The molecule has 2 N–H and O–H groups in total. The molecule has 1 amide bonds. The summed E-state index contributed by atoms with van der Waals surface area (Å²) in [5, 5.41) is 15.4. The number of carbonyl (C=O) groups is 1. The minimum atomic E-state index is -0.403. The Bertz CT molecular complexity index is 1480. The lowest BCUT2D eigenvalue weighted by atomic mass is 10.2. The summed E-state index contributed by atoms with van der Waals surface area (Å²) in [6.07, 6.45) is 1.34. The second-order valence-corrected chi connectivity index (χ2v) is 10.1. The zero-order valence-corrected chi connectivity index (χ0v) is 21.9. The number of nitrogens with zero attached hydrogens (tertiary/aromatic N) is 3. The minimum absolute atomic E-state index is 0.00270. The number of rotatable bonds is 6. The number of thioether (sulfide) groups is 1. The van der Waals surface area contributed by atoms with Crippen molar-refractivity contribution in [3.63, 3.8) is 0 Å². The van der Waals surface area contributed by atoms with Gasteiger partial charge in [0.05, 0.1) is 33.0 Å². The second kappa shape index (κ2) is 10.7. The summed E-state index contributed by atoms with van der Waals surface area (Å²) < 4.78 is 2.69. The summed E-state index contributed by atoms with van der Waals surface area (Å²) in [6, 6.07) is 17.2. The summed E-state index contributed by atoms with van der Waals surface area (Å²) in [7, 11) is 0. The molecule has 3 aromatic carbocycles. The number of benzene rings is 3. The number of hydrogen-bond donors (Lipinski definition) is 2. The van der Waals surface area contributed by atoms with Crippen LogP contribution >= 0.6 is 55.2 Å². The molecule has 0 bridgehead atoms. The molecule has 0 spiro atoms. The van der Waals surface area contributed by atoms with Crippen molar-refractivity contribution in [2.45, 2.75) is 5.16 Å². The van der Waals surface area contributed by atoms with Gasteiger partial charge in [0.15, 0.2) is 5.16 Å². The van der Waals surface area contributed by atoms with Crippen LogP contribution in [-0.4, -0.2) is 32.5 Å². The van der Waals surface area contributed by atoms with Gasteiger partial charge in [-0.05, 0) is 64.5 Å². The smallest absolute Gasteiger partial charge is 0.266 e. The third-order valence-electron chi connectivity index (χ3n) is 4.61. The van der Waals surface area contributed by atoms with Crippen molar-refractivity contribution in [3.05, 3.63) is 90.5 Å². The molecule has 172 valence electrons. The van der Waals surface area contributed by atoms with Gasteiger partial charge in [0, 0.05) is 15.1 Å². The zero-order chi connectivity index (χ0) is 24.2.